The van der Waals surface area contributed by atoms with E-state index in [2.05, 4.69) is 27.7 Å². The van der Waals surface area contributed by atoms with Crippen LogP contribution in [-0.4, -0.2) is 0 Å². The molecule has 2 unspecified atom stereocenters. The molecule has 0 saturated carbocycles. The molecule has 0 saturated heterocycles. The minimum Gasteiger partial charge on any atom is -0.0654 e. The molecule has 0 bridgehead atoms. The second-order valence-electron chi connectivity index (χ2n) is 5.08. The zero-order chi connectivity index (χ0) is 10.8. The molecule has 2 atom stereocenters. The summed E-state index contributed by atoms with van der Waals surface area (Å²) in [5, 5.41) is 0. The van der Waals surface area contributed by atoms with Crippen molar-refractivity contribution in [1.29, 1.82) is 0 Å². The molecule has 0 heterocycles. The molecule has 0 fully saturated rings. The van der Waals surface area contributed by atoms with Crippen LogP contribution in [0.1, 0.15) is 79.1 Å². The van der Waals surface area contributed by atoms with E-state index in [4.69, 9.17) is 0 Å². The first-order chi connectivity index (χ1) is 6.70. The van der Waals surface area contributed by atoms with Crippen LogP contribution in [0.2, 0.25) is 0 Å². The average molecular weight is 198 g/mol. The van der Waals surface area contributed by atoms with Gasteiger partial charge in [0, 0.05) is 0 Å². The summed E-state index contributed by atoms with van der Waals surface area (Å²) in [6.45, 7) is 9.42. The molecular weight excluding hydrogens is 168 g/mol. The Bertz CT molecular complexity index is 107. The zero-order valence-electron chi connectivity index (χ0n) is 10.8. The molecule has 0 aliphatic carbocycles. The summed E-state index contributed by atoms with van der Waals surface area (Å²) < 4.78 is 0. The maximum Gasteiger partial charge on any atom is -0.0440 e. The molecule has 0 amide bonds. The van der Waals surface area contributed by atoms with Crippen LogP contribution in [0.4, 0.5) is 0 Å². The Morgan fingerprint density at radius 3 is 1.93 bits per heavy atom. The minimum absolute atomic E-state index is 0.946. The molecule has 14 heavy (non-hydrogen) atoms. The maximum absolute atomic E-state index is 2.43. The number of hydrogen-bond donors (Lipinski definition) is 0. The lowest BCUT2D eigenvalue weighted by molar-refractivity contribution is 0.365. The van der Waals surface area contributed by atoms with Gasteiger partial charge in [0.1, 0.15) is 0 Å². The largest absolute Gasteiger partial charge is 0.0654 e. The monoisotopic (exact) mass is 198 g/mol. The number of rotatable bonds is 9. The van der Waals surface area contributed by atoms with Crippen LogP contribution < -0.4 is 0 Å². The lowest BCUT2D eigenvalue weighted by Crippen LogP contribution is -2.03. The van der Waals surface area contributed by atoms with Crippen molar-refractivity contribution in [2.75, 3.05) is 0 Å². The quantitative estimate of drug-likeness (QED) is 0.434. The van der Waals surface area contributed by atoms with Crippen LogP contribution in [0.15, 0.2) is 0 Å². The first-order valence-corrected chi connectivity index (χ1v) is 6.70. The highest BCUT2D eigenvalue weighted by atomic mass is 14.1. The van der Waals surface area contributed by atoms with Gasteiger partial charge in [-0.3, -0.25) is 0 Å². The maximum atomic E-state index is 2.43. The second-order valence-corrected chi connectivity index (χ2v) is 5.08. The van der Waals surface area contributed by atoms with Crippen LogP contribution >= 0.6 is 0 Å². The van der Waals surface area contributed by atoms with Crippen molar-refractivity contribution < 1.29 is 0 Å². The fraction of sp³-hybridized carbons (Fsp3) is 1.00. The zero-order valence-corrected chi connectivity index (χ0v) is 10.8. The van der Waals surface area contributed by atoms with Crippen molar-refractivity contribution in [1.82, 2.24) is 0 Å². The Morgan fingerprint density at radius 1 is 0.714 bits per heavy atom. The summed E-state index contributed by atoms with van der Waals surface area (Å²) in [6.07, 6.45) is 11.4. The number of unbranched alkanes of at least 4 members (excludes halogenated alkanes) is 3. The molecule has 0 heteroatoms. The summed E-state index contributed by atoms with van der Waals surface area (Å²) in [5.74, 6) is 1.90. The molecule has 0 nitrogen and oxygen atoms in total. The van der Waals surface area contributed by atoms with Gasteiger partial charge in [-0.05, 0) is 18.3 Å². The third kappa shape index (κ3) is 8.59. The molecule has 0 aromatic rings. The lowest BCUT2D eigenvalue weighted by Gasteiger charge is -2.16. The summed E-state index contributed by atoms with van der Waals surface area (Å²) >= 11 is 0. The van der Waals surface area contributed by atoms with Crippen LogP contribution in [0.3, 0.4) is 0 Å². The Kier molecular flexibility index (Phi) is 9.55. The highest BCUT2D eigenvalue weighted by Gasteiger charge is 2.07. The van der Waals surface area contributed by atoms with Crippen molar-refractivity contribution in [2.24, 2.45) is 11.8 Å². The van der Waals surface area contributed by atoms with Crippen molar-refractivity contribution in [3.63, 3.8) is 0 Å². The van der Waals surface area contributed by atoms with Gasteiger partial charge in [-0.15, -0.1) is 0 Å². The van der Waals surface area contributed by atoms with E-state index < -0.39 is 0 Å². The normalized spacial score (nSPS) is 15.4. The van der Waals surface area contributed by atoms with E-state index in [1.165, 1.54) is 51.4 Å². The van der Waals surface area contributed by atoms with E-state index in [0.717, 1.165) is 11.8 Å². The van der Waals surface area contributed by atoms with Crippen molar-refractivity contribution in [3.05, 3.63) is 0 Å². The SMILES string of the molecule is CCCCCCC(C)CC(C)CCC. The van der Waals surface area contributed by atoms with E-state index in [-0.39, 0.29) is 0 Å². The molecule has 0 aliphatic heterocycles. The molecule has 0 aromatic carbocycles. The standard InChI is InChI=1S/C14H30/c1-5-7-8-9-11-14(4)12-13(3)10-6-2/h13-14H,5-12H2,1-4H3. The lowest BCUT2D eigenvalue weighted by atomic mass is 9.90. The molecule has 0 rings (SSSR count). The van der Waals surface area contributed by atoms with Gasteiger partial charge in [-0.2, -0.15) is 0 Å². The smallest absolute Gasteiger partial charge is 0.0440 e. The van der Waals surface area contributed by atoms with Crippen molar-refractivity contribution in [2.45, 2.75) is 79.1 Å². The predicted molar refractivity (Wildman–Crippen MR) is 66.6 cm³/mol. The predicted octanol–water partition coefficient (Wildman–Crippen LogP) is 5.42. The summed E-state index contributed by atoms with van der Waals surface area (Å²) in [4.78, 5) is 0. The van der Waals surface area contributed by atoms with E-state index in [0.29, 0.717) is 0 Å². The van der Waals surface area contributed by atoms with Gasteiger partial charge in [-0.1, -0.05) is 72.6 Å². The van der Waals surface area contributed by atoms with Crippen molar-refractivity contribution >= 4 is 0 Å². The van der Waals surface area contributed by atoms with Gasteiger partial charge in [0.2, 0.25) is 0 Å². The molecule has 0 aromatic heterocycles. The Hall–Kier alpha value is 0. The highest BCUT2D eigenvalue weighted by Crippen LogP contribution is 2.21. The fourth-order valence-corrected chi connectivity index (χ4v) is 2.33. The van der Waals surface area contributed by atoms with Crippen LogP contribution in [0.5, 0.6) is 0 Å². The Balaban J connectivity index is 3.30. The second kappa shape index (κ2) is 9.55. The third-order valence-electron chi connectivity index (χ3n) is 3.14. The van der Waals surface area contributed by atoms with E-state index in [1.807, 2.05) is 0 Å². The minimum atomic E-state index is 0.946. The third-order valence-corrected chi connectivity index (χ3v) is 3.14. The summed E-state index contributed by atoms with van der Waals surface area (Å²) in [7, 11) is 0. The van der Waals surface area contributed by atoms with E-state index >= 15 is 0 Å². The first-order valence-electron chi connectivity index (χ1n) is 6.70. The summed E-state index contributed by atoms with van der Waals surface area (Å²) in [5.41, 5.74) is 0. The molecule has 0 radical (unpaired) electrons. The average Bonchev–Trinajstić information content (AvgIpc) is 2.13. The molecule has 86 valence electrons. The van der Waals surface area contributed by atoms with Crippen LogP contribution in [-0.2, 0) is 0 Å². The van der Waals surface area contributed by atoms with Gasteiger partial charge in [0.05, 0.1) is 0 Å². The number of hydrogen-bond acceptors (Lipinski definition) is 0. The highest BCUT2D eigenvalue weighted by molar-refractivity contribution is 4.59. The first kappa shape index (κ1) is 14.0. The van der Waals surface area contributed by atoms with Crippen molar-refractivity contribution in [3.8, 4) is 0 Å². The van der Waals surface area contributed by atoms with E-state index in [1.54, 1.807) is 0 Å². The van der Waals surface area contributed by atoms with Gasteiger partial charge in [0.25, 0.3) is 0 Å². The molecule has 0 N–H and O–H groups in total. The van der Waals surface area contributed by atoms with Gasteiger partial charge in [-0.25, -0.2) is 0 Å². The Morgan fingerprint density at radius 2 is 1.36 bits per heavy atom. The van der Waals surface area contributed by atoms with Gasteiger partial charge < -0.3 is 0 Å². The van der Waals surface area contributed by atoms with Gasteiger partial charge in [0.15, 0.2) is 0 Å². The molecule has 0 aliphatic rings. The fourth-order valence-electron chi connectivity index (χ4n) is 2.33. The Labute approximate surface area is 91.5 Å². The molecule has 0 spiro atoms. The molecular formula is C14H30. The van der Waals surface area contributed by atoms with E-state index in [9.17, 15) is 0 Å². The summed E-state index contributed by atoms with van der Waals surface area (Å²) in [6, 6.07) is 0. The van der Waals surface area contributed by atoms with Crippen LogP contribution in [0, 0.1) is 11.8 Å². The topological polar surface area (TPSA) is 0 Å². The van der Waals surface area contributed by atoms with Crippen LogP contribution in [0.25, 0.3) is 0 Å². The van der Waals surface area contributed by atoms with Gasteiger partial charge >= 0.3 is 0 Å².